The Hall–Kier alpha value is -4.71. The minimum absolute atomic E-state index is 0.0137. The van der Waals surface area contributed by atoms with Crippen molar-refractivity contribution in [3.63, 3.8) is 0 Å². The zero-order valence-electron chi connectivity index (χ0n) is 21.2. The predicted molar refractivity (Wildman–Crippen MR) is 149 cm³/mol. The normalized spacial score (nSPS) is 14.5. The van der Waals surface area contributed by atoms with E-state index < -0.39 is 5.97 Å². The molecule has 6 rings (SSSR count). The molecular weight excluding hydrogens is 476 g/mol. The van der Waals surface area contributed by atoms with Gasteiger partial charge in [-0.3, -0.25) is 4.79 Å². The van der Waals surface area contributed by atoms with Gasteiger partial charge in [-0.25, -0.2) is 9.78 Å². The molecule has 0 saturated heterocycles. The van der Waals surface area contributed by atoms with Crippen LogP contribution in [0.4, 0.5) is 5.69 Å². The molecule has 0 bridgehead atoms. The molecule has 0 saturated carbocycles. The van der Waals surface area contributed by atoms with Gasteiger partial charge in [0.2, 0.25) is 0 Å². The van der Waals surface area contributed by atoms with Gasteiger partial charge in [0.1, 0.15) is 5.75 Å². The van der Waals surface area contributed by atoms with Gasteiger partial charge in [0.25, 0.3) is 5.91 Å². The number of pyridine rings is 1. The molecule has 38 heavy (non-hydrogen) atoms. The molecule has 4 aromatic carbocycles. The third-order valence-corrected chi connectivity index (χ3v) is 7.08. The summed E-state index contributed by atoms with van der Waals surface area (Å²) in [4.78, 5) is 33.0. The number of methoxy groups -OCH3 is 1. The van der Waals surface area contributed by atoms with E-state index in [0.717, 1.165) is 39.8 Å². The highest BCUT2D eigenvalue weighted by Crippen LogP contribution is 2.32. The van der Waals surface area contributed by atoms with E-state index in [9.17, 15) is 9.59 Å². The number of carbonyl (C=O) groups excluding carboxylic acids is 2. The molecule has 0 aliphatic carbocycles. The molecule has 0 radical (unpaired) electrons. The summed E-state index contributed by atoms with van der Waals surface area (Å²) < 4.78 is 10.9. The van der Waals surface area contributed by atoms with E-state index in [4.69, 9.17) is 14.5 Å². The maximum Gasteiger partial charge on any atom is 0.339 e. The van der Waals surface area contributed by atoms with Crippen molar-refractivity contribution < 1.29 is 19.1 Å². The summed E-state index contributed by atoms with van der Waals surface area (Å²) in [5, 5.41) is 2.76. The minimum Gasteiger partial charge on any atom is -0.497 e. The zero-order valence-corrected chi connectivity index (χ0v) is 21.2. The fourth-order valence-electron chi connectivity index (χ4n) is 5.22. The van der Waals surface area contributed by atoms with Crippen molar-refractivity contribution in [1.29, 1.82) is 0 Å². The fourth-order valence-corrected chi connectivity index (χ4v) is 5.22. The minimum atomic E-state index is -0.552. The number of amides is 1. The number of fused-ring (bicyclic) bond motifs is 3. The maximum absolute atomic E-state index is 13.3. The third-order valence-electron chi connectivity index (χ3n) is 7.08. The van der Waals surface area contributed by atoms with Gasteiger partial charge < -0.3 is 14.4 Å². The Bertz CT molecular complexity index is 1710. The quantitative estimate of drug-likeness (QED) is 0.268. The van der Waals surface area contributed by atoms with Gasteiger partial charge in [0.15, 0.2) is 6.61 Å². The number of benzene rings is 4. The highest BCUT2D eigenvalue weighted by molar-refractivity contribution is 6.06. The van der Waals surface area contributed by atoms with E-state index in [-0.39, 0.29) is 18.6 Å². The van der Waals surface area contributed by atoms with Crippen LogP contribution in [0.3, 0.4) is 0 Å². The largest absolute Gasteiger partial charge is 0.497 e. The molecule has 1 atom stereocenters. The number of anilines is 1. The van der Waals surface area contributed by atoms with Crippen LogP contribution in [0.5, 0.6) is 5.75 Å². The highest BCUT2D eigenvalue weighted by atomic mass is 16.5. The lowest BCUT2D eigenvalue weighted by Gasteiger charge is -2.22. The molecule has 5 aromatic rings. The molecule has 188 valence electrons. The van der Waals surface area contributed by atoms with Gasteiger partial charge in [-0.1, -0.05) is 54.6 Å². The number of hydrogen-bond donors (Lipinski definition) is 0. The SMILES string of the molecule is COc1ccc2cc(-c3cc(C(=O)OCC(=O)N4c5ccccc5C[C@@H]4C)c4ccccc4n3)ccc2c1. The lowest BCUT2D eigenvalue weighted by Crippen LogP contribution is -2.38. The second-order valence-corrected chi connectivity index (χ2v) is 9.52. The number of ether oxygens (including phenoxy) is 2. The van der Waals surface area contributed by atoms with Crippen LogP contribution < -0.4 is 9.64 Å². The summed E-state index contributed by atoms with van der Waals surface area (Å²) in [6.07, 6.45) is 0.784. The van der Waals surface area contributed by atoms with Crippen molar-refractivity contribution in [3.05, 3.63) is 102 Å². The van der Waals surface area contributed by atoms with Gasteiger partial charge in [-0.05, 0) is 66.1 Å². The first kappa shape index (κ1) is 23.7. The Kier molecular flexibility index (Phi) is 6.00. The third kappa shape index (κ3) is 4.24. The van der Waals surface area contributed by atoms with E-state index in [2.05, 4.69) is 0 Å². The van der Waals surface area contributed by atoms with Crippen LogP contribution in [-0.4, -0.2) is 36.6 Å². The first-order chi connectivity index (χ1) is 18.5. The van der Waals surface area contributed by atoms with Crippen molar-refractivity contribution in [1.82, 2.24) is 4.98 Å². The van der Waals surface area contributed by atoms with Crippen molar-refractivity contribution in [3.8, 4) is 17.0 Å². The average molecular weight is 503 g/mol. The van der Waals surface area contributed by atoms with Crippen LogP contribution in [0, 0.1) is 0 Å². The Morgan fingerprint density at radius 1 is 0.921 bits per heavy atom. The fraction of sp³-hybridized carbons (Fsp3) is 0.156. The van der Waals surface area contributed by atoms with Crippen molar-refractivity contribution in [2.45, 2.75) is 19.4 Å². The molecular formula is C32H26N2O4. The van der Waals surface area contributed by atoms with Gasteiger partial charge in [-0.15, -0.1) is 0 Å². The molecule has 6 heteroatoms. The van der Waals surface area contributed by atoms with E-state index in [1.54, 1.807) is 18.1 Å². The average Bonchev–Trinajstić information content (AvgIpc) is 3.30. The number of nitrogens with zero attached hydrogens (tertiary/aromatic N) is 2. The molecule has 2 heterocycles. The highest BCUT2D eigenvalue weighted by Gasteiger charge is 2.31. The Morgan fingerprint density at radius 2 is 1.68 bits per heavy atom. The number of rotatable bonds is 5. The first-order valence-electron chi connectivity index (χ1n) is 12.6. The lowest BCUT2D eigenvalue weighted by atomic mass is 10.0. The molecule has 1 amide bonds. The van der Waals surface area contributed by atoms with E-state index in [1.165, 1.54) is 0 Å². The van der Waals surface area contributed by atoms with Gasteiger partial charge in [-0.2, -0.15) is 0 Å². The van der Waals surface area contributed by atoms with E-state index in [1.807, 2.05) is 91.9 Å². The standard InChI is InChI=1S/C32H26N2O4/c1-20-15-24-7-3-6-10-30(24)34(20)31(35)19-38-32(36)27-18-29(33-28-9-5-4-8-26(27)28)23-12-11-22-17-25(37-2)14-13-21(22)16-23/h3-14,16-18,20H,15,19H2,1-2H3/t20-/m0/s1. The predicted octanol–water partition coefficient (Wildman–Crippen LogP) is 6.20. The van der Waals surface area contributed by atoms with Crippen LogP contribution in [0.1, 0.15) is 22.8 Å². The summed E-state index contributed by atoms with van der Waals surface area (Å²) in [5.41, 5.74) is 4.59. The summed E-state index contributed by atoms with van der Waals surface area (Å²) in [6, 6.07) is 29.0. The second kappa shape index (κ2) is 9.63. The van der Waals surface area contributed by atoms with Crippen molar-refractivity contribution >= 4 is 39.2 Å². The van der Waals surface area contributed by atoms with Gasteiger partial charge >= 0.3 is 5.97 Å². The van der Waals surface area contributed by atoms with E-state index >= 15 is 0 Å². The zero-order chi connectivity index (χ0) is 26.2. The molecule has 1 aromatic heterocycles. The van der Waals surface area contributed by atoms with E-state index in [0.29, 0.717) is 22.2 Å². The lowest BCUT2D eigenvalue weighted by molar-refractivity contribution is -0.122. The van der Waals surface area contributed by atoms with Crippen LogP contribution in [-0.2, 0) is 16.0 Å². The molecule has 0 fully saturated rings. The number of hydrogen-bond acceptors (Lipinski definition) is 5. The monoisotopic (exact) mass is 502 g/mol. The Labute approximate surface area is 220 Å². The van der Waals surface area contributed by atoms with Crippen LogP contribution >= 0.6 is 0 Å². The van der Waals surface area contributed by atoms with Gasteiger partial charge in [0, 0.05) is 22.7 Å². The summed E-state index contributed by atoms with van der Waals surface area (Å²) in [6.45, 7) is 1.67. The first-order valence-corrected chi connectivity index (χ1v) is 12.6. The summed E-state index contributed by atoms with van der Waals surface area (Å²) in [7, 11) is 1.65. The molecule has 1 aliphatic heterocycles. The Morgan fingerprint density at radius 3 is 2.55 bits per heavy atom. The van der Waals surface area contributed by atoms with Gasteiger partial charge in [0.05, 0.1) is 23.9 Å². The topological polar surface area (TPSA) is 68.7 Å². The summed E-state index contributed by atoms with van der Waals surface area (Å²) >= 11 is 0. The molecule has 0 spiro atoms. The van der Waals surface area contributed by atoms with Crippen LogP contribution in [0.15, 0.2) is 91.0 Å². The van der Waals surface area contributed by atoms with Crippen LogP contribution in [0.25, 0.3) is 32.9 Å². The van der Waals surface area contributed by atoms with Crippen molar-refractivity contribution in [2.24, 2.45) is 0 Å². The number of carbonyl (C=O) groups is 2. The maximum atomic E-state index is 13.3. The summed E-state index contributed by atoms with van der Waals surface area (Å²) in [5.74, 6) is 0.00340. The Balaban J connectivity index is 1.30. The second-order valence-electron chi connectivity index (χ2n) is 9.52. The van der Waals surface area contributed by atoms with Crippen LogP contribution in [0.2, 0.25) is 0 Å². The number of aromatic nitrogens is 1. The number of esters is 1. The molecule has 0 unspecified atom stereocenters. The number of para-hydroxylation sites is 2. The molecule has 0 N–H and O–H groups in total. The molecule has 1 aliphatic rings. The molecule has 6 nitrogen and oxygen atoms in total. The van der Waals surface area contributed by atoms with Crippen molar-refractivity contribution in [2.75, 3.05) is 18.6 Å². The smallest absolute Gasteiger partial charge is 0.339 e.